The average Bonchev–Trinajstić information content (AvgIpc) is 2.60. The van der Waals surface area contributed by atoms with Crippen LogP contribution < -0.4 is 14.2 Å². The van der Waals surface area contributed by atoms with Crippen LogP contribution in [0.3, 0.4) is 0 Å². The summed E-state index contributed by atoms with van der Waals surface area (Å²) in [6.45, 7) is 8.47. The van der Waals surface area contributed by atoms with Gasteiger partial charge in [0, 0.05) is 6.54 Å². The summed E-state index contributed by atoms with van der Waals surface area (Å²) in [6, 6.07) is 10.9. The van der Waals surface area contributed by atoms with Gasteiger partial charge in [-0.15, -0.1) is 0 Å². The molecule has 0 aliphatic carbocycles. The topological polar surface area (TPSA) is 64.6 Å². The summed E-state index contributed by atoms with van der Waals surface area (Å²) in [5.74, 6) is 1.59. The predicted molar refractivity (Wildman–Crippen MR) is 103 cm³/mol. The molecule has 0 aliphatic rings. The monoisotopic (exact) mass is 377 g/mol. The molecule has 2 aromatic rings. The van der Waals surface area contributed by atoms with Gasteiger partial charge in [0.15, 0.2) is 0 Å². The van der Waals surface area contributed by atoms with Gasteiger partial charge in [0.2, 0.25) is 10.0 Å². The largest absolute Gasteiger partial charge is 0.496 e. The van der Waals surface area contributed by atoms with Gasteiger partial charge in [-0.05, 0) is 60.7 Å². The lowest BCUT2D eigenvalue weighted by Crippen LogP contribution is -2.24. The number of hydrogen-bond donors (Lipinski definition) is 1. The van der Waals surface area contributed by atoms with Crippen molar-refractivity contribution in [1.82, 2.24) is 4.72 Å². The molecule has 0 aromatic heterocycles. The summed E-state index contributed by atoms with van der Waals surface area (Å²) in [5.41, 5.74) is 2.37. The van der Waals surface area contributed by atoms with Gasteiger partial charge in [0.1, 0.15) is 11.5 Å². The van der Waals surface area contributed by atoms with E-state index >= 15 is 0 Å². The lowest BCUT2D eigenvalue weighted by molar-refractivity contribution is 0.340. The Balaban J connectivity index is 2.27. The van der Waals surface area contributed by atoms with Crippen LogP contribution >= 0.6 is 0 Å². The van der Waals surface area contributed by atoms with E-state index in [1.54, 1.807) is 26.2 Å². The average molecular weight is 378 g/mol. The minimum absolute atomic E-state index is 0.155. The van der Waals surface area contributed by atoms with Crippen molar-refractivity contribution >= 4 is 10.0 Å². The summed E-state index contributed by atoms with van der Waals surface area (Å²) >= 11 is 0. The second-order valence-corrected chi connectivity index (χ2v) is 8.15. The molecule has 0 spiro atoms. The maximum absolute atomic E-state index is 12.8. The zero-order chi connectivity index (χ0) is 19.3. The van der Waals surface area contributed by atoms with Crippen LogP contribution in [-0.2, 0) is 16.6 Å². The predicted octanol–water partition coefficient (Wildman–Crippen LogP) is 4.00. The number of rotatable bonds is 8. The highest BCUT2D eigenvalue weighted by Crippen LogP contribution is 2.31. The third-order valence-electron chi connectivity index (χ3n) is 4.11. The van der Waals surface area contributed by atoms with Crippen molar-refractivity contribution in [3.8, 4) is 11.5 Å². The highest BCUT2D eigenvalue weighted by Gasteiger charge is 2.20. The molecule has 2 aromatic carbocycles. The lowest BCUT2D eigenvalue weighted by Gasteiger charge is -2.16. The zero-order valence-corrected chi connectivity index (χ0v) is 16.8. The SMILES string of the molecule is CCOc1cccc(CNS(=O)(=O)c2cc(C(C)C)c(OC)cc2C)c1. The normalized spacial score (nSPS) is 11.6. The van der Waals surface area contributed by atoms with Gasteiger partial charge < -0.3 is 9.47 Å². The van der Waals surface area contributed by atoms with Crippen molar-refractivity contribution in [1.29, 1.82) is 0 Å². The van der Waals surface area contributed by atoms with Gasteiger partial charge in [0.25, 0.3) is 0 Å². The molecule has 0 saturated heterocycles. The van der Waals surface area contributed by atoms with E-state index in [-0.39, 0.29) is 17.4 Å². The molecular formula is C20H27NO4S. The number of benzene rings is 2. The Bertz CT molecular complexity index is 860. The number of methoxy groups -OCH3 is 1. The summed E-state index contributed by atoms with van der Waals surface area (Å²) < 4.78 is 39.2. The smallest absolute Gasteiger partial charge is 0.241 e. The van der Waals surface area contributed by atoms with E-state index in [2.05, 4.69) is 4.72 Å². The van der Waals surface area contributed by atoms with E-state index in [4.69, 9.17) is 9.47 Å². The third-order valence-corrected chi connectivity index (χ3v) is 5.66. The van der Waals surface area contributed by atoms with Crippen LogP contribution in [0.25, 0.3) is 0 Å². The van der Waals surface area contributed by atoms with Crippen molar-refractivity contribution < 1.29 is 17.9 Å². The molecule has 0 heterocycles. The standard InChI is InChI=1S/C20H27NO4S/c1-6-25-17-9-7-8-16(11-17)13-21-26(22,23)20-12-18(14(2)3)19(24-5)10-15(20)4/h7-12,14,21H,6,13H2,1-5H3. The number of sulfonamides is 1. The van der Waals surface area contributed by atoms with Crippen molar-refractivity contribution in [3.63, 3.8) is 0 Å². The summed E-state index contributed by atoms with van der Waals surface area (Å²) in [5, 5.41) is 0. The van der Waals surface area contributed by atoms with Gasteiger partial charge in [-0.3, -0.25) is 0 Å². The summed E-state index contributed by atoms with van der Waals surface area (Å²) in [6.07, 6.45) is 0. The Hall–Kier alpha value is -2.05. The van der Waals surface area contributed by atoms with Crippen molar-refractivity contribution in [3.05, 3.63) is 53.1 Å². The van der Waals surface area contributed by atoms with E-state index in [1.165, 1.54) is 0 Å². The van der Waals surface area contributed by atoms with Crippen molar-refractivity contribution in [2.45, 2.75) is 45.1 Å². The van der Waals surface area contributed by atoms with Gasteiger partial charge in [-0.25, -0.2) is 13.1 Å². The fraction of sp³-hybridized carbons (Fsp3) is 0.400. The van der Waals surface area contributed by atoms with Crippen LogP contribution in [0.5, 0.6) is 11.5 Å². The van der Waals surface area contributed by atoms with Crippen LogP contribution in [0.1, 0.15) is 43.4 Å². The quantitative estimate of drug-likeness (QED) is 0.755. The molecule has 0 unspecified atom stereocenters. The van der Waals surface area contributed by atoms with E-state index in [0.717, 1.165) is 16.9 Å². The van der Waals surface area contributed by atoms with Crippen LogP contribution in [0.15, 0.2) is 41.3 Å². The molecule has 0 aliphatic heterocycles. The Morgan fingerprint density at radius 3 is 2.50 bits per heavy atom. The molecule has 0 fully saturated rings. The van der Waals surface area contributed by atoms with Gasteiger partial charge in [-0.2, -0.15) is 0 Å². The molecule has 2 rings (SSSR count). The van der Waals surface area contributed by atoms with E-state index in [0.29, 0.717) is 17.9 Å². The molecule has 0 bridgehead atoms. The maximum atomic E-state index is 12.8. The van der Waals surface area contributed by atoms with Crippen LogP contribution in [0, 0.1) is 6.92 Å². The molecule has 0 radical (unpaired) electrons. The highest BCUT2D eigenvalue weighted by molar-refractivity contribution is 7.89. The summed E-state index contributed by atoms with van der Waals surface area (Å²) in [4.78, 5) is 0.281. The third kappa shape index (κ3) is 4.77. The number of nitrogens with one attached hydrogen (secondary N) is 1. The Morgan fingerprint density at radius 2 is 1.88 bits per heavy atom. The molecule has 6 heteroatoms. The van der Waals surface area contributed by atoms with E-state index < -0.39 is 10.0 Å². The molecule has 5 nitrogen and oxygen atoms in total. The number of aryl methyl sites for hydroxylation is 1. The minimum Gasteiger partial charge on any atom is -0.496 e. The molecule has 0 saturated carbocycles. The Morgan fingerprint density at radius 1 is 1.15 bits per heavy atom. The van der Waals surface area contributed by atoms with Crippen LogP contribution in [-0.4, -0.2) is 22.1 Å². The molecular weight excluding hydrogens is 350 g/mol. The minimum atomic E-state index is -3.64. The first-order valence-corrected chi connectivity index (χ1v) is 10.2. The zero-order valence-electron chi connectivity index (χ0n) is 16.0. The maximum Gasteiger partial charge on any atom is 0.241 e. The van der Waals surface area contributed by atoms with Gasteiger partial charge in [-0.1, -0.05) is 26.0 Å². The van der Waals surface area contributed by atoms with Crippen molar-refractivity contribution in [2.24, 2.45) is 0 Å². The molecule has 26 heavy (non-hydrogen) atoms. The summed E-state index contributed by atoms with van der Waals surface area (Å²) in [7, 11) is -2.05. The molecule has 0 amide bonds. The van der Waals surface area contributed by atoms with Gasteiger partial charge >= 0.3 is 0 Å². The lowest BCUT2D eigenvalue weighted by atomic mass is 10.0. The molecule has 142 valence electrons. The fourth-order valence-corrected chi connectivity index (χ4v) is 4.04. The fourth-order valence-electron chi connectivity index (χ4n) is 2.76. The van der Waals surface area contributed by atoms with E-state index in [9.17, 15) is 8.42 Å². The van der Waals surface area contributed by atoms with Gasteiger partial charge in [0.05, 0.1) is 18.6 Å². The van der Waals surface area contributed by atoms with Crippen LogP contribution in [0.2, 0.25) is 0 Å². The highest BCUT2D eigenvalue weighted by atomic mass is 32.2. The first-order chi connectivity index (χ1) is 12.3. The Labute approximate surface area is 156 Å². The molecule has 0 atom stereocenters. The van der Waals surface area contributed by atoms with Crippen LogP contribution in [0.4, 0.5) is 0 Å². The first-order valence-electron chi connectivity index (χ1n) is 8.68. The molecule has 1 N–H and O–H groups in total. The Kier molecular flexibility index (Phi) is 6.67. The second-order valence-electron chi connectivity index (χ2n) is 6.42. The van der Waals surface area contributed by atoms with E-state index in [1.807, 2.05) is 45.0 Å². The van der Waals surface area contributed by atoms with Crippen molar-refractivity contribution in [2.75, 3.05) is 13.7 Å². The number of ether oxygens (including phenoxy) is 2. The number of hydrogen-bond acceptors (Lipinski definition) is 4. The first kappa shape index (κ1) is 20.3. The second kappa shape index (κ2) is 8.56.